The van der Waals surface area contributed by atoms with E-state index in [1.807, 2.05) is 11.7 Å². The van der Waals surface area contributed by atoms with E-state index in [0.29, 0.717) is 11.5 Å². The van der Waals surface area contributed by atoms with Crippen molar-refractivity contribution in [3.8, 4) is 0 Å². The van der Waals surface area contributed by atoms with Gasteiger partial charge in [-0.15, -0.1) is 11.3 Å². The Morgan fingerprint density at radius 3 is 2.76 bits per heavy atom. The third-order valence-corrected chi connectivity index (χ3v) is 4.87. The molecule has 1 saturated carbocycles. The van der Waals surface area contributed by atoms with E-state index in [1.165, 1.54) is 30.6 Å². The van der Waals surface area contributed by atoms with Crippen LogP contribution in [0.1, 0.15) is 44.4 Å². The molecule has 96 valence electrons. The lowest BCUT2D eigenvalue weighted by Crippen LogP contribution is -2.44. The Balaban J connectivity index is 1.91. The molecule has 0 bridgehead atoms. The molecule has 1 atom stereocenters. The molecule has 3 N–H and O–H groups in total. The van der Waals surface area contributed by atoms with Crippen LogP contribution in [0.5, 0.6) is 0 Å². The first-order valence-electron chi connectivity index (χ1n) is 6.44. The maximum Gasteiger partial charge on any atom is 0.0794 e. The van der Waals surface area contributed by atoms with Gasteiger partial charge in [0, 0.05) is 23.5 Å². The molecule has 0 aromatic carbocycles. The molecule has 0 aliphatic heterocycles. The van der Waals surface area contributed by atoms with Crippen molar-refractivity contribution in [2.45, 2.75) is 52.0 Å². The zero-order valence-electron chi connectivity index (χ0n) is 10.8. The molecule has 3 nitrogen and oxygen atoms in total. The SMILES string of the molecule is CC1(C)CCC(C(Cc2cncs2)NN)CC1. The van der Waals surface area contributed by atoms with Gasteiger partial charge in [0.1, 0.15) is 0 Å². The molecule has 1 aromatic rings. The smallest absolute Gasteiger partial charge is 0.0794 e. The first-order chi connectivity index (χ1) is 8.11. The summed E-state index contributed by atoms with van der Waals surface area (Å²) in [5, 5.41) is 0. The predicted octanol–water partition coefficient (Wildman–Crippen LogP) is 2.73. The second-order valence-corrected chi connectivity index (χ2v) is 6.92. The first-order valence-corrected chi connectivity index (χ1v) is 7.32. The van der Waals surface area contributed by atoms with Gasteiger partial charge >= 0.3 is 0 Å². The Morgan fingerprint density at radius 2 is 2.24 bits per heavy atom. The predicted molar refractivity (Wildman–Crippen MR) is 72.7 cm³/mol. The van der Waals surface area contributed by atoms with Crippen LogP contribution in [0.2, 0.25) is 0 Å². The summed E-state index contributed by atoms with van der Waals surface area (Å²) in [5.41, 5.74) is 5.44. The number of nitrogens with zero attached hydrogens (tertiary/aromatic N) is 1. The van der Waals surface area contributed by atoms with Crippen LogP contribution in [0, 0.1) is 11.3 Å². The third kappa shape index (κ3) is 3.50. The van der Waals surface area contributed by atoms with Crippen molar-refractivity contribution in [2.75, 3.05) is 0 Å². The standard InChI is InChI=1S/C13H23N3S/c1-13(2)5-3-10(4-6-13)12(16-14)7-11-8-15-9-17-11/h8-10,12,16H,3-7,14H2,1-2H3. The van der Waals surface area contributed by atoms with Crippen LogP contribution in [-0.2, 0) is 6.42 Å². The van der Waals surface area contributed by atoms with Gasteiger partial charge in [-0.1, -0.05) is 13.8 Å². The van der Waals surface area contributed by atoms with Crippen molar-refractivity contribution in [3.63, 3.8) is 0 Å². The Labute approximate surface area is 108 Å². The van der Waals surface area contributed by atoms with E-state index in [0.717, 1.165) is 12.3 Å². The summed E-state index contributed by atoms with van der Waals surface area (Å²) in [6.45, 7) is 4.74. The van der Waals surface area contributed by atoms with Crippen molar-refractivity contribution in [1.29, 1.82) is 0 Å². The molecule has 1 aliphatic rings. The van der Waals surface area contributed by atoms with Crippen LogP contribution in [0.15, 0.2) is 11.7 Å². The quantitative estimate of drug-likeness (QED) is 0.641. The highest BCUT2D eigenvalue weighted by Gasteiger charge is 2.31. The van der Waals surface area contributed by atoms with Gasteiger partial charge in [0.2, 0.25) is 0 Å². The van der Waals surface area contributed by atoms with Crippen LogP contribution in [-0.4, -0.2) is 11.0 Å². The number of hydrazine groups is 1. The van der Waals surface area contributed by atoms with Gasteiger partial charge in [0.05, 0.1) is 5.51 Å². The lowest BCUT2D eigenvalue weighted by atomic mass is 9.71. The molecule has 17 heavy (non-hydrogen) atoms. The lowest BCUT2D eigenvalue weighted by molar-refractivity contribution is 0.161. The molecule has 1 heterocycles. The minimum Gasteiger partial charge on any atom is -0.271 e. The zero-order chi connectivity index (χ0) is 12.3. The van der Waals surface area contributed by atoms with E-state index in [4.69, 9.17) is 5.84 Å². The van der Waals surface area contributed by atoms with E-state index in [9.17, 15) is 0 Å². The average Bonchev–Trinajstić information content (AvgIpc) is 2.79. The fourth-order valence-electron chi connectivity index (χ4n) is 2.75. The third-order valence-electron chi connectivity index (χ3n) is 4.07. The maximum absolute atomic E-state index is 5.72. The lowest BCUT2D eigenvalue weighted by Gasteiger charge is -2.37. The Morgan fingerprint density at radius 1 is 1.53 bits per heavy atom. The monoisotopic (exact) mass is 253 g/mol. The number of rotatable bonds is 4. The maximum atomic E-state index is 5.72. The van der Waals surface area contributed by atoms with E-state index >= 15 is 0 Å². The normalized spacial score (nSPS) is 22.5. The molecule has 1 aromatic heterocycles. The van der Waals surface area contributed by atoms with Crippen molar-refractivity contribution in [2.24, 2.45) is 17.2 Å². The molecule has 4 heteroatoms. The fraction of sp³-hybridized carbons (Fsp3) is 0.769. The van der Waals surface area contributed by atoms with Crippen LogP contribution >= 0.6 is 11.3 Å². The highest BCUT2D eigenvalue weighted by molar-refractivity contribution is 7.09. The molecule has 1 unspecified atom stereocenters. The summed E-state index contributed by atoms with van der Waals surface area (Å²) in [6.07, 6.45) is 8.20. The van der Waals surface area contributed by atoms with E-state index in [1.54, 1.807) is 11.3 Å². The fourth-order valence-corrected chi connectivity index (χ4v) is 3.40. The summed E-state index contributed by atoms with van der Waals surface area (Å²) in [4.78, 5) is 5.46. The second kappa shape index (κ2) is 5.46. The summed E-state index contributed by atoms with van der Waals surface area (Å²) < 4.78 is 0. The van der Waals surface area contributed by atoms with Crippen LogP contribution in [0.4, 0.5) is 0 Å². The molecular formula is C13H23N3S. The molecule has 0 radical (unpaired) electrons. The van der Waals surface area contributed by atoms with Gasteiger partial charge in [-0.2, -0.15) is 0 Å². The number of thiazole rings is 1. The number of nitrogens with two attached hydrogens (primary N) is 1. The van der Waals surface area contributed by atoms with Gasteiger partial charge in [-0.3, -0.25) is 16.3 Å². The molecule has 0 spiro atoms. The zero-order valence-corrected chi connectivity index (χ0v) is 11.6. The van der Waals surface area contributed by atoms with Gasteiger partial charge < -0.3 is 0 Å². The summed E-state index contributed by atoms with van der Waals surface area (Å²) in [6, 6.07) is 0.409. The van der Waals surface area contributed by atoms with Crippen LogP contribution < -0.4 is 11.3 Å². The van der Waals surface area contributed by atoms with Gasteiger partial charge in [0.25, 0.3) is 0 Å². The van der Waals surface area contributed by atoms with E-state index in [-0.39, 0.29) is 0 Å². The Hall–Kier alpha value is -0.450. The van der Waals surface area contributed by atoms with Gasteiger partial charge in [0.15, 0.2) is 0 Å². The van der Waals surface area contributed by atoms with Crippen molar-refractivity contribution in [3.05, 3.63) is 16.6 Å². The van der Waals surface area contributed by atoms with E-state index < -0.39 is 0 Å². The molecule has 2 rings (SSSR count). The number of hydrogen-bond donors (Lipinski definition) is 2. The molecule has 0 amide bonds. The minimum absolute atomic E-state index is 0.409. The molecule has 0 saturated heterocycles. The summed E-state index contributed by atoms with van der Waals surface area (Å²) in [5.74, 6) is 6.44. The number of nitrogens with one attached hydrogen (secondary N) is 1. The topological polar surface area (TPSA) is 50.9 Å². The molecule has 1 aliphatic carbocycles. The average molecular weight is 253 g/mol. The minimum atomic E-state index is 0.409. The van der Waals surface area contributed by atoms with Crippen LogP contribution in [0.3, 0.4) is 0 Å². The highest BCUT2D eigenvalue weighted by atomic mass is 32.1. The summed E-state index contributed by atoms with van der Waals surface area (Å²) >= 11 is 1.72. The molecule has 1 fully saturated rings. The van der Waals surface area contributed by atoms with Crippen LogP contribution in [0.25, 0.3) is 0 Å². The first kappa shape index (κ1) is 13.0. The van der Waals surface area contributed by atoms with E-state index in [2.05, 4.69) is 24.3 Å². The Kier molecular flexibility index (Phi) is 4.17. The summed E-state index contributed by atoms with van der Waals surface area (Å²) in [7, 11) is 0. The second-order valence-electron chi connectivity index (χ2n) is 5.95. The highest BCUT2D eigenvalue weighted by Crippen LogP contribution is 2.39. The Bertz CT molecular complexity index is 324. The van der Waals surface area contributed by atoms with Gasteiger partial charge in [-0.05, 0) is 37.0 Å². The van der Waals surface area contributed by atoms with Crippen molar-refractivity contribution in [1.82, 2.24) is 10.4 Å². The van der Waals surface area contributed by atoms with Crippen molar-refractivity contribution >= 4 is 11.3 Å². The number of aromatic nitrogens is 1. The number of hydrogen-bond acceptors (Lipinski definition) is 4. The molecular weight excluding hydrogens is 230 g/mol. The van der Waals surface area contributed by atoms with Crippen molar-refractivity contribution < 1.29 is 0 Å². The van der Waals surface area contributed by atoms with Gasteiger partial charge in [-0.25, -0.2) is 0 Å². The largest absolute Gasteiger partial charge is 0.271 e.